The number of nitro benzene ring substituents is 1. The molecule has 0 aromatic heterocycles. The molecule has 0 aliphatic carbocycles. The molecular weight excluding hydrogens is 254 g/mol. The van der Waals surface area contributed by atoms with Crippen molar-refractivity contribution in [1.82, 2.24) is 0 Å². The molecule has 1 aromatic carbocycles. The second kappa shape index (κ2) is 5.50. The first-order valence-corrected chi connectivity index (χ1v) is 6.01. The Morgan fingerprint density at radius 1 is 1.37 bits per heavy atom. The number of halogens is 2. The number of hydrogen-bond donors (Lipinski definition) is 1. The van der Waals surface area contributed by atoms with Gasteiger partial charge in [-0.2, -0.15) is 0 Å². The van der Waals surface area contributed by atoms with Crippen LogP contribution in [0.5, 0.6) is 0 Å². The van der Waals surface area contributed by atoms with Crippen LogP contribution in [-0.2, 0) is 0 Å². The molecule has 0 bridgehead atoms. The van der Waals surface area contributed by atoms with E-state index in [0.29, 0.717) is 6.54 Å². The van der Waals surface area contributed by atoms with Gasteiger partial charge in [0.25, 0.3) is 5.69 Å². The van der Waals surface area contributed by atoms with Gasteiger partial charge in [0.15, 0.2) is 17.3 Å². The summed E-state index contributed by atoms with van der Waals surface area (Å²) < 4.78 is 26.8. The largest absolute Gasteiger partial charge is 0.377 e. The Morgan fingerprint density at radius 3 is 2.42 bits per heavy atom. The molecule has 106 valence electrons. The average Bonchev–Trinajstić information content (AvgIpc) is 2.28. The number of nitrogens with zero attached hydrogens (tertiary/aromatic N) is 1. The van der Waals surface area contributed by atoms with Crippen LogP contribution in [0.1, 0.15) is 27.7 Å². The first-order chi connectivity index (χ1) is 8.64. The van der Waals surface area contributed by atoms with Crippen LogP contribution >= 0.6 is 0 Å². The van der Waals surface area contributed by atoms with Gasteiger partial charge in [0, 0.05) is 12.6 Å². The van der Waals surface area contributed by atoms with E-state index >= 15 is 0 Å². The van der Waals surface area contributed by atoms with E-state index in [9.17, 15) is 18.9 Å². The molecule has 0 heterocycles. The van der Waals surface area contributed by atoms with Crippen molar-refractivity contribution in [2.24, 2.45) is 11.3 Å². The minimum atomic E-state index is -1.21. The topological polar surface area (TPSA) is 55.2 Å². The van der Waals surface area contributed by atoms with Gasteiger partial charge in [-0.25, -0.2) is 8.78 Å². The van der Waals surface area contributed by atoms with Gasteiger partial charge < -0.3 is 5.32 Å². The van der Waals surface area contributed by atoms with Gasteiger partial charge in [0.2, 0.25) is 0 Å². The predicted molar refractivity (Wildman–Crippen MR) is 70.1 cm³/mol. The van der Waals surface area contributed by atoms with Crippen LogP contribution in [0.3, 0.4) is 0 Å². The van der Waals surface area contributed by atoms with Gasteiger partial charge in [0.05, 0.1) is 4.92 Å². The van der Waals surface area contributed by atoms with Gasteiger partial charge >= 0.3 is 0 Å². The summed E-state index contributed by atoms with van der Waals surface area (Å²) >= 11 is 0. The number of hydrogen-bond acceptors (Lipinski definition) is 3. The van der Waals surface area contributed by atoms with Crippen molar-refractivity contribution in [2.75, 3.05) is 11.9 Å². The molecule has 0 spiro atoms. The molecule has 6 heteroatoms. The second-order valence-corrected chi connectivity index (χ2v) is 5.66. The van der Waals surface area contributed by atoms with Crippen LogP contribution < -0.4 is 5.32 Å². The maximum absolute atomic E-state index is 13.6. The van der Waals surface area contributed by atoms with Gasteiger partial charge in [-0.1, -0.05) is 27.7 Å². The quantitative estimate of drug-likeness (QED) is 0.666. The smallest absolute Gasteiger partial charge is 0.295 e. The van der Waals surface area contributed by atoms with E-state index in [1.807, 2.05) is 27.7 Å². The Morgan fingerprint density at radius 2 is 1.95 bits per heavy atom. The molecule has 0 saturated carbocycles. The maximum atomic E-state index is 13.6. The minimum Gasteiger partial charge on any atom is -0.377 e. The molecule has 0 saturated heterocycles. The van der Waals surface area contributed by atoms with Gasteiger partial charge in [-0.3, -0.25) is 10.1 Å². The number of nitrogens with one attached hydrogen (secondary N) is 1. The first kappa shape index (κ1) is 15.3. The normalized spacial score (nSPS) is 13.2. The second-order valence-electron chi connectivity index (χ2n) is 5.66. The lowest BCUT2D eigenvalue weighted by Crippen LogP contribution is -2.25. The molecule has 0 aliphatic heterocycles. The Labute approximate surface area is 111 Å². The van der Waals surface area contributed by atoms with Crippen LogP contribution in [0.4, 0.5) is 20.2 Å². The fourth-order valence-electron chi connectivity index (χ4n) is 1.42. The molecule has 1 unspecified atom stereocenters. The van der Waals surface area contributed by atoms with Crippen molar-refractivity contribution in [3.63, 3.8) is 0 Å². The highest BCUT2D eigenvalue weighted by molar-refractivity contribution is 5.62. The summed E-state index contributed by atoms with van der Waals surface area (Å²) in [6.07, 6.45) is 0. The molecule has 1 rings (SSSR count). The molecule has 0 amide bonds. The van der Waals surface area contributed by atoms with E-state index in [4.69, 9.17) is 0 Å². The molecule has 0 aliphatic rings. The fourth-order valence-corrected chi connectivity index (χ4v) is 1.42. The first-order valence-electron chi connectivity index (χ1n) is 6.01. The molecule has 1 aromatic rings. The molecule has 0 radical (unpaired) electrons. The van der Waals surface area contributed by atoms with Crippen molar-refractivity contribution < 1.29 is 13.7 Å². The van der Waals surface area contributed by atoms with Crippen LogP contribution in [0.2, 0.25) is 0 Å². The fraction of sp³-hybridized carbons (Fsp3) is 0.538. The maximum Gasteiger partial charge on any atom is 0.295 e. The summed E-state index contributed by atoms with van der Waals surface area (Å²) in [6, 6.07) is 1.72. The standard InChI is InChI=1S/C13H18F2N2O2/c1-8(13(2,3)4)7-16-12-10(17(18)19)6-5-9(14)11(12)15/h5-6,8,16H,7H2,1-4H3. The minimum absolute atomic E-state index is 0.0361. The number of anilines is 1. The molecule has 1 atom stereocenters. The summed E-state index contributed by atoms with van der Waals surface area (Å²) in [5.41, 5.74) is -0.882. The molecule has 0 fully saturated rings. The van der Waals surface area contributed by atoms with E-state index in [-0.39, 0.29) is 17.0 Å². The van der Waals surface area contributed by atoms with Crippen LogP contribution in [0, 0.1) is 33.1 Å². The van der Waals surface area contributed by atoms with Gasteiger partial charge in [0.1, 0.15) is 0 Å². The van der Waals surface area contributed by atoms with E-state index < -0.39 is 22.2 Å². The zero-order chi connectivity index (χ0) is 14.8. The van der Waals surface area contributed by atoms with Crippen molar-refractivity contribution in [2.45, 2.75) is 27.7 Å². The summed E-state index contributed by atoms with van der Waals surface area (Å²) in [5, 5.41) is 13.5. The third kappa shape index (κ3) is 3.62. The highest BCUT2D eigenvalue weighted by Gasteiger charge is 2.24. The molecular formula is C13H18F2N2O2. The lowest BCUT2D eigenvalue weighted by atomic mass is 9.82. The van der Waals surface area contributed by atoms with Crippen LogP contribution in [0.25, 0.3) is 0 Å². The predicted octanol–water partition coefficient (Wildman–Crippen LogP) is 3.97. The van der Waals surface area contributed by atoms with Crippen molar-refractivity contribution >= 4 is 11.4 Å². The SMILES string of the molecule is CC(CNc1c([N+](=O)[O-])ccc(F)c1F)C(C)(C)C. The van der Waals surface area contributed by atoms with Gasteiger partial charge in [-0.15, -0.1) is 0 Å². The molecule has 1 N–H and O–H groups in total. The van der Waals surface area contributed by atoms with E-state index in [0.717, 1.165) is 12.1 Å². The molecule has 4 nitrogen and oxygen atoms in total. The lowest BCUT2D eigenvalue weighted by molar-refractivity contribution is -0.384. The average molecular weight is 272 g/mol. The van der Waals surface area contributed by atoms with Crippen molar-refractivity contribution in [3.05, 3.63) is 33.9 Å². The Kier molecular flexibility index (Phi) is 4.44. The Balaban J connectivity index is 3.00. The highest BCUT2D eigenvalue weighted by Crippen LogP contribution is 2.31. The van der Waals surface area contributed by atoms with Crippen LogP contribution in [-0.4, -0.2) is 11.5 Å². The third-order valence-corrected chi connectivity index (χ3v) is 3.33. The van der Waals surface area contributed by atoms with E-state index in [1.165, 1.54) is 0 Å². The number of benzene rings is 1. The number of rotatable bonds is 4. The van der Waals surface area contributed by atoms with Gasteiger partial charge in [-0.05, 0) is 17.4 Å². The van der Waals surface area contributed by atoms with E-state index in [2.05, 4.69) is 5.32 Å². The summed E-state index contributed by atoms with van der Waals surface area (Å²) in [6.45, 7) is 8.29. The summed E-state index contributed by atoms with van der Waals surface area (Å²) in [4.78, 5) is 10.1. The van der Waals surface area contributed by atoms with Crippen LogP contribution in [0.15, 0.2) is 12.1 Å². The number of nitro groups is 1. The summed E-state index contributed by atoms with van der Waals surface area (Å²) in [7, 11) is 0. The molecule has 19 heavy (non-hydrogen) atoms. The highest BCUT2D eigenvalue weighted by atomic mass is 19.2. The Hall–Kier alpha value is -1.72. The zero-order valence-corrected chi connectivity index (χ0v) is 11.5. The Bertz CT molecular complexity index is 484. The zero-order valence-electron chi connectivity index (χ0n) is 11.5. The monoisotopic (exact) mass is 272 g/mol. The van der Waals surface area contributed by atoms with Crippen molar-refractivity contribution in [1.29, 1.82) is 0 Å². The third-order valence-electron chi connectivity index (χ3n) is 3.33. The van der Waals surface area contributed by atoms with Crippen molar-refractivity contribution in [3.8, 4) is 0 Å². The lowest BCUT2D eigenvalue weighted by Gasteiger charge is -2.27. The van der Waals surface area contributed by atoms with E-state index in [1.54, 1.807) is 0 Å². The summed E-state index contributed by atoms with van der Waals surface area (Å²) in [5.74, 6) is -2.18.